The van der Waals surface area contributed by atoms with Crippen LogP contribution in [0.2, 0.25) is 0 Å². The zero-order chi connectivity index (χ0) is 14.5. The van der Waals surface area contributed by atoms with Crippen molar-refractivity contribution >= 4 is 0 Å². The monoisotopic (exact) mass is 274 g/mol. The minimum Gasteiger partial charge on any atom is -0.344 e. The molecule has 1 N–H and O–H groups in total. The molecule has 0 aromatic carbocycles. The molecule has 0 radical (unpaired) electrons. The number of nitrogens with zero attached hydrogens (tertiary/aromatic N) is 3. The van der Waals surface area contributed by atoms with Crippen LogP contribution in [0.5, 0.6) is 0 Å². The summed E-state index contributed by atoms with van der Waals surface area (Å²) in [7, 11) is 0. The van der Waals surface area contributed by atoms with Crippen LogP contribution < -0.4 is 5.32 Å². The van der Waals surface area contributed by atoms with Gasteiger partial charge in [0, 0.05) is 30.2 Å². The van der Waals surface area contributed by atoms with E-state index in [-0.39, 0.29) is 0 Å². The second kappa shape index (κ2) is 6.75. The molecule has 20 heavy (non-hydrogen) atoms. The lowest BCUT2D eigenvalue weighted by molar-refractivity contribution is 0.471. The van der Waals surface area contributed by atoms with Crippen LogP contribution in [0, 0.1) is 0 Å². The number of hydrogen-bond acceptors (Lipinski definition) is 2. The Bertz CT molecular complexity index is 526. The standard InChI is InChI=1S/C16H26N4/c1-5-13(3)20-11-9-15(18-20)12-19-10-7-8-16(19)14(4)17-6-2/h7-11,13-14,17H,5-6,12H2,1-4H3. The average Bonchev–Trinajstić information content (AvgIpc) is 3.08. The summed E-state index contributed by atoms with van der Waals surface area (Å²) in [6.07, 6.45) is 5.32. The summed E-state index contributed by atoms with van der Waals surface area (Å²) in [5.41, 5.74) is 2.43. The first kappa shape index (κ1) is 14.9. The summed E-state index contributed by atoms with van der Waals surface area (Å²) >= 11 is 0. The van der Waals surface area contributed by atoms with Gasteiger partial charge in [-0.1, -0.05) is 13.8 Å². The van der Waals surface area contributed by atoms with Crippen molar-refractivity contribution in [1.82, 2.24) is 19.7 Å². The first-order valence-corrected chi connectivity index (χ1v) is 7.58. The van der Waals surface area contributed by atoms with E-state index >= 15 is 0 Å². The molecular formula is C16H26N4. The van der Waals surface area contributed by atoms with E-state index in [1.54, 1.807) is 0 Å². The summed E-state index contributed by atoms with van der Waals surface area (Å²) in [6, 6.07) is 7.24. The first-order valence-electron chi connectivity index (χ1n) is 7.58. The van der Waals surface area contributed by atoms with Gasteiger partial charge in [0.05, 0.1) is 12.2 Å². The smallest absolute Gasteiger partial charge is 0.0821 e. The molecule has 2 aromatic heterocycles. The minimum absolute atomic E-state index is 0.367. The first-order chi connectivity index (χ1) is 9.65. The van der Waals surface area contributed by atoms with Crippen molar-refractivity contribution in [2.45, 2.75) is 52.7 Å². The van der Waals surface area contributed by atoms with Gasteiger partial charge in [0.1, 0.15) is 0 Å². The van der Waals surface area contributed by atoms with E-state index in [9.17, 15) is 0 Å². The lowest BCUT2D eigenvalue weighted by Gasteiger charge is -2.15. The van der Waals surface area contributed by atoms with Gasteiger partial charge in [0.15, 0.2) is 0 Å². The Morgan fingerprint density at radius 3 is 2.70 bits per heavy atom. The normalized spacial score (nSPS) is 14.4. The molecule has 0 saturated heterocycles. The van der Waals surface area contributed by atoms with E-state index in [1.807, 2.05) is 0 Å². The Hall–Kier alpha value is -1.55. The van der Waals surface area contributed by atoms with Gasteiger partial charge >= 0.3 is 0 Å². The maximum atomic E-state index is 4.68. The maximum Gasteiger partial charge on any atom is 0.0821 e. The van der Waals surface area contributed by atoms with Crippen LogP contribution in [0.1, 0.15) is 57.6 Å². The van der Waals surface area contributed by atoms with Crippen molar-refractivity contribution in [3.8, 4) is 0 Å². The molecule has 2 unspecified atom stereocenters. The minimum atomic E-state index is 0.367. The third-order valence-corrected chi connectivity index (χ3v) is 3.86. The third kappa shape index (κ3) is 3.31. The van der Waals surface area contributed by atoms with Crippen LogP contribution in [0.15, 0.2) is 30.6 Å². The molecule has 0 saturated carbocycles. The molecule has 4 heteroatoms. The molecule has 0 aliphatic heterocycles. The Kier molecular flexibility index (Phi) is 5.01. The Labute approximate surface area is 121 Å². The maximum absolute atomic E-state index is 4.68. The van der Waals surface area contributed by atoms with Gasteiger partial charge in [0.25, 0.3) is 0 Å². The average molecular weight is 274 g/mol. The summed E-state index contributed by atoms with van der Waals surface area (Å²) < 4.78 is 4.34. The molecule has 2 aromatic rings. The molecule has 110 valence electrons. The van der Waals surface area contributed by atoms with Gasteiger partial charge in [-0.25, -0.2) is 0 Å². The fourth-order valence-corrected chi connectivity index (χ4v) is 2.44. The van der Waals surface area contributed by atoms with Crippen LogP contribution in [0.3, 0.4) is 0 Å². The van der Waals surface area contributed by atoms with Gasteiger partial charge < -0.3 is 9.88 Å². The fraction of sp³-hybridized carbons (Fsp3) is 0.562. The van der Waals surface area contributed by atoms with E-state index in [2.05, 4.69) is 78.0 Å². The second-order valence-corrected chi connectivity index (χ2v) is 5.38. The highest BCUT2D eigenvalue weighted by Crippen LogP contribution is 2.16. The van der Waals surface area contributed by atoms with Gasteiger partial charge in [-0.2, -0.15) is 5.10 Å². The molecule has 0 amide bonds. The van der Waals surface area contributed by atoms with Crippen molar-refractivity contribution < 1.29 is 0 Å². The number of aromatic nitrogens is 3. The predicted molar refractivity (Wildman–Crippen MR) is 82.9 cm³/mol. The zero-order valence-electron chi connectivity index (χ0n) is 13.0. The van der Waals surface area contributed by atoms with E-state index in [1.165, 1.54) is 5.69 Å². The lowest BCUT2D eigenvalue weighted by atomic mass is 10.2. The highest BCUT2D eigenvalue weighted by Gasteiger charge is 2.11. The zero-order valence-corrected chi connectivity index (χ0v) is 13.0. The van der Waals surface area contributed by atoms with Gasteiger partial charge in [-0.3, -0.25) is 4.68 Å². The molecule has 0 spiro atoms. The predicted octanol–water partition coefficient (Wildman–Crippen LogP) is 3.37. The molecule has 2 rings (SSSR count). The summed E-state index contributed by atoms with van der Waals surface area (Å²) in [4.78, 5) is 0. The Morgan fingerprint density at radius 1 is 1.20 bits per heavy atom. The summed E-state index contributed by atoms with van der Waals surface area (Å²) in [5, 5.41) is 8.14. The Morgan fingerprint density at radius 2 is 2.00 bits per heavy atom. The molecule has 0 aliphatic rings. The highest BCUT2D eigenvalue weighted by molar-refractivity contribution is 5.14. The SMILES string of the molecule is CCNC(C)c1cccn1Cc1ccn(C(C)CC)n1. The van der Waals surface area contributed by atoms with Crippen molar-refractivity contribution in [3.63, 3.8) is 0 Å². The van der Waals surface area contributed by atoms with Crippen LogP contribution in [-0.2, 0) is 6.54 Å². The highest BCUT2D eigenvalue weighted by atomic mass is 15.3. The molecule has 4 nitrogen and oxygen atoms in total. The summed E-state index contributed by atoms with van der Waals surface area (Å²) in [6.45, 7) is 10.5. The fourth-order valence-electron chi connectivity index (χ4n) is 2.44. The largest absolute Gasteiger partial charge is 0.344 e. The van der Waals surface area contributed by atoms with Gasteiger partial charge in [0.2, 0.25) is 0 Å². The molecule has 0 aliphatic carbocycles. The summed E-state index contributed by atoms with van der Waals surface area (Å²) in [5.74, 6) is 0. The van der Waals surface area contributed by atoms with Crippen LogP contribution in [0.4, 0.5) is 0 Å². The van der Waals surface area contributed by atoms with Crippen molar-refractivity contribution in [2.24, 2.45) is 0 Å². The van der Waals surface area contributed by atoms with E-state index in [0.29, 0.717) is 12.1 Å². The number of hydrogen-bond donors (Lipinski definition) is 1. The number of nitrogens with one attached hydrogen (secondary N) is 1. The topological polar surface area (TPSA) is 34.8 Å². The quantitative estimate of drug-likeness (QED) is 0.840. The molecule has 2 atom stereocenters. The van der Waals surface area contributed by atoms with E-state index < -0.39 is 0 Å². The van der Waals surface area contributed by atoms with Crippen LogP contribution in [0.25, 0.3) is 0 Å². The van der Waals surface area contributed by atoms with Crippen LogP contribution >= 0.6 is 0 Å². The molecule has 2 heterocycles. The van der Waals surface area contributed by atoms with Gasteiger partial charge in [-0.15, -0.1) is 0 Å². The van der Waals surface area contributed by atoms with E-state index in [4.69, 9.17) is 0 Å². The van der Waals surface area contributed by atoms with E-state index in [0.717, 1.165) is 25.2 Å². The third-order valence-electron chi connectivity index (χ3n) is 3.86. The van der Waals surface area contributed by atoms with Crippen molar-refractivity contribution in [3.05, 3.63) is 42.0 Å². The van der Waals surface area contributed by atoms with Crippen molar-refractivity contribution in [1.29, 1.82) is 0 Å². The van der Waals surface area contributed by atoms with Gasteiger partial charge in [-0.05, 0) is 45.0 Å². The van der Waals surface area contributed by atoms with Crippen molar-refractivity contribution in [2.75, 3.05) is 6.54 Å². The molecule has 0 fully saturated rings. The molecular weight excluding hydrogens is 248 g/mol. The lowest BCUT2D eigenvalue weighted by Crippen LogP contribution is -2.21. The molecule has 0 bridgehead atoms. The second-order valence-electron chi connectivity index (χ2n) is 5.38. The number of rotatable bonds is 7. The Balaban J connectivity index is 2.10. The van der Waals surface area contributed by atoms with Crippen LogP contribution in [-0.4, -0.2) is 20.9 Å².